The monoisotopic (exact) mass is 395 g/mol. The van der Waals surface area contributed by atoms with E-state index < -0.39 is 0 Å². The van der Waals surface area contributed by atoms with Gasteiger partial charge in [0.1, 0.15) is 4.32 Å². The molecule has 0 spiro atoms. The Kier molecular flexibility index (Phi) is 20.7. The third-order valence-corrected chi connectivity index (χ3v) is 2.36. The fourth-order valence-electron chi connectivity index (χ4n) is 0.334. The molecule has 0 unspecified atom stereocenters. The van der Waals surface area contributed by atoms with Crippen molar-refractivity contribution in [3.05, 3.63) is 0 Å². The molecule has 0 aliphatic heterocycles. The van der Waals surface area contributed by atoms with Gasteiger partial charge < -0.3 is 65.2 Å². The number of hydrogen-bond acceptors (Lipinski definition) is 5. The maximum absolute atomic E-state index is 4.64. The smallest absolute Gasteiger partial charge is 0.412 e. The molecule has 0 saturated heterocycles. The van der Waals surface area contributed by atoms with Crippen molar-refractivity contribution in [1.29, 1.82) is 0 Å². The zero-order valence-corrected chi connectivity index (χ0v) is 17.5. The first-order valence-corrected chi connectivity index (χ1v) is 6.56. The summed E-state index contributed by atoms with van der Waals surface area (Å²) in [6.45, 7) is 1.38. The van der Waals surface area contributed by atoms with E-state index in [9.17, 15) is 0 Å². The molecule has 0 aliphatic carbocycles. The molecular weight excluding hydrogens is 384 g/mol. The van der Waals surface area contributed by atoms with Crippen molar-refractivity contribution in [2.75, 3.05) is 27.2 Å². The van der Waals surface area contributed by atoms with Crippen molar-refractivity contribution in [3.8, 4) is 0 Å². The Labute approximate surface area is 148 Å². The van der Waals surface area contributed by atoms with Crippen LogP contribution in [0.25, 0.3) is 0 Å². The first kappa shape index (κ1) is 23.2. The van der Waals surface area contributed by atoms with Gasteiger partial charge in [0.05, 0.1) is 0 Å². The zero-order valence-electron chi connectivity index (χ0n) is 9.56. The molecule has 0 rings (SSSR count). The molecule has 0 saturated carbocycles. The first-order chi connectivity index (χ1) is 7.27. The van der Waals surface area contributed by atoms with Crippen molar-refractivity contribution in [1.82, 2.24) is 15.5 Å². The maximum atomic E-state index is 4.64. The van der Waals surface area contributed by atoms with E-state index in [-0.39, 0.29) is 19.5 Å². The number of hydrogen-bond donors (Lipinski definition) is 3. The van der Waals surface area contributed by atoms with Gasteiger partial charge in [0.2, 0.25) is 0 Å². The number of nitrogens with zero attached hydrogens (tertiary/aromatic N) is 1. The molecule has 0 atom stereocenters. The summed E-state index contributed by atoms with van der Waals surface area (Å²) in [7, 11) is 3.66. The number of rotatable bonds is 3. The topological polar surface area (TPSA) is 27.3 Å². The van der Waals surface area contributed by atoms with Gasteiger partial charge in [-0.15, -0.1) is 12.6 Å². The largest absolute Gasteiger partial charge is 2.00 e. The summed E-state index contributed by atoms with van der Waals surface area (Å²) in [5.74, 6) is 0. The van der Waals surface area contributed by atoms with Gasteiger partial charge in [0, 0.05) is 27.2 Å². The van der Waals surface area contributed by atoms with E-state index in [0.717, 1.165) is 0 Å². The SMILES string of the molecule is CN(C)C(=S)[S-].S=C([S-])NCCNC(=S)S.[Zn+2]. The van der Waals surface area contributed by atoms with Crippen LogP contribution in [0.4, 0.5) is 0 Å². The molecule has 17 heavy (non-hydrogen) atoms. The molecule has 3 nitrogen and oxygen atoms in total. The Hall–Kier alpha value is 1.08. The standard InChI is InChI=1S/C4H8N2S4.C3H7NS2.Zn/c7-3(8)5-1-2-6-4(9)10;1-4(2)3(5)6;/h1-2H2,(H2,5,7,8)(H2,6,9,10);1-2H3,(H,5,6);/q;;+2/p-2. The summed E-state index contributed by atoms with van der Waals surface area (Å²) in [5.41, 5.74) is 0. The molecule has 2 N–H and O–H groups in total. The van der Waals surface area contributed by atoms with Crippen LogP contribution < -0.4 is 10.6 Å². The first-order valence-electron chi connectivity index (χ1n) is 4.07. The van der Waals surface area contributed by atoms with E-state index in [2.05, 4.69) is 85.2 Å². The van der Waals surface area contributed by atoms with Crippen LogP contribution in [-0.4, -0.2) is 45.0 Å². The van der Waals surface area contributed by atoms with Gasteiger partial charge in [-0.3, -0.25) is 0 Å². The summed E-state index contributed by atoms with van der Waals surface area (Å²) in [5, 5.41) is 5.62. The van der Waals surface area contributed by atoms with E-state index in [0.29, 0.717) is 26.1 Å². The van der Waals surface area contributed by atoms with Crippen LogP contribution in [0.3, 0.4) is 0 Å². The fraction of sp³-hybridized carbons (Fsp3) is 0.571. The van der Waals surface area contributed by atoms with Gasteiger partial charge in [0.25, 0.3) is 0 Å². The van der Waals surface area contributed by atoms with Gasteiger partial charge in [-0.1, -0.05) is 20.9 Å². The van der Waals surface area contributed by atoms with Crippen LogP contribution in [0.2, 0.25) is 0 Å². The van der Waals surface area contributed by atoms with Gasteiger partial charge in [0.15, 0.2) is 0 Å². The van der Waals surface area contributed by atoms with E-state index in [1.165, 1.54) is 0 Å². The number of thiocarbonyl (C=S) groups is 3. The van der Waals surface area contributed by atoms with Crippen molar-refractivity contribution >= 4 is 87.5 Å². The second kappa shape index (κ2) is 15.1. The van der Waals surface area contributed by atoms with E-state index in [1.807, 2.05) is 14.1 Å². The van der Waals surface area contributed by atoms with Crippen LogP contribution in [-0.2, 0) is 44.7 Å². The predicted molar refractivity (Wildman–Crippen MR) is 91.2 cm³/mol. The zero-order chi connectivity index (χ0) is 13.1. The van der Waals surface area contributed by atoms with Gasteiger partial charge >= 0.3 is 19.5 Å². The minimum Gasteiger partial charge on any atom is -0.412 e. The van der Waals surface area contributed by atoms with Crippen LogP contribution in [0, 0.1) is 0 Å². The molecule has 0 heterocycles. The molecule has 94 valence electrons. The normalized spacial score (nSPS) is 7.71. The van der Waals surface area contributed by atoms with Gasteiger partial charge in [-0.2, -0.15) is 0 Å². The quantitative estimate of drug-likeness (QED) is 0.210. The average molecular weight is 397 g/mol. The summed E-state index contributed by atoms with van der Waals surface area (Å²) < 4.78 is 1.37. The van der Waals surface area contributed by atoms with Crippen LogP contribution in [0.15, 0.2) is 0 Å². The summed E-state index contributed by atoms with van der Waals surface area (Å²) in [6, 6.07) is 0. The van der Waals surface area contributed by atoms with Crippen LogP contribution in [0.5, 0.6) is 0 Å². The minimum absolute atomic E-state index is 0. The maximum Gasteiger partial charge on any atom is 2.00 e. The van der Waals surface area contributed by atoms with E-state index in [1.54, 1.807) is 4.90 Å². The Morgan fingerprint density at radius 1 is 1.12 bits per heavy atom. The second-order valence-electron chi connectivity index (χ2n) is 2.61. The molecule has 0 aliphatic rings. The van der Waals surface area contributed by atoms with Crippen molar-refractivity contribution in [3.63, 3.8) is 0 Å². The van der Waals surface area contributed by atoms with E-state index in [4.69, 9.17) is 0 Å². The minimum atomic E-state index is 0. The predicted octanol–water partition coefficient (Wildman–Crippen LogP) is 0.589. The van der Waals surface area contributed by atoms with Crippen molar-refractivity contribution in [2.45, 2.75) is 0 Å². The molecule has 0 aromatic carbocycles. The molecule has 0 radical (unpaired) electrons. The van der Waals surface area contributed by atoms with Gasteiger partial charge in [-0.25, -0.2) is 0 Å². The Morgan fingerprint density at radius 2 is 1.47 bits per heavy atom. The molecule has 0 aromatic heterocycles. The van der Waals surface area contributed by atoms with E-state index >= 15 is 0 Å². The molecule has 0 aromatic rings. The average Bonchev–Trinajstić information content (AvgIpc) is 2.12. The van der Waals surface area contributed by atoms with Crippen molar-refractivity contribution < 1.29 is 19.5 Å². The molecule has 0 amide bonds. The van der Waals surface area contributed by atoms with Crippen LogP contribution >= 0.6 is 49.3 Å². The molecular formula is C7H13N3S6Zn. The Bertz CT molecular complexity index is 232. The fourth-order valence-corrected chi connectivity index (χ4v) is 0.752. The summed E-state index contributed by atoms with van der Waals surface area (Å²) in [4.78, 5) is 1.71. The molecule has 0 bridgehead atoms. The third kappa shape index (κ3) is 26.6. The number of nitrogens with one attached hydrogen (secondary N) is 2. The number of thiol groups is 1. The Morgan fingerprint density at radius 3 is 1.71 bits per heavy atom. The molecule has 10 heteroatoms. The molecule has 0 fully saturated rings. The summed E-state index contributed by atoms with van der Waals surface area (Å²) in [6.07, 6.45) is 0. The van der Waals surface area contributed by atoms with Crippen LogP contribution in [0.1, 0.15) is 0 Å². The Balaban J connectivity index is -0.000000244. The third-order valence-electron chi connectivity index (χ3n) is 1.04. The van der Waals surface area contributed by atoms with Crippen molar-refractivity contribution in [2.24, 2.45) is 0 Å². The summed E-state index contributed by atoms with van der Waals surface area (Å²) >= 11 is 26.8. The van der Waals surface area contributed by atoms with Gasteiger partial charge in [-0.05, 0) is 0 Å². The second-order valence-corrected chi connectivity index (χ2v) is 5.87.